The lowest BCUT2D eigenvalue weighted by molar-refractivity contribution is 0.102. The number of aromatic nitrogens is 1. The lowest BCUT2D eigenvalue weighted by Gasteiger charge is -2.20. The van der Waals surface area contributed by atoms with Crippen LogP contribution in [0.3, 0.4) is 0 Å². The SMILES string of the molecule is CC(C)(C)NC(=O)Nc1ccc(C(=O)Nc2nccs2)cc1. The van der Waals surface area contributed by atoms with Gasteiger partial charge in [-0.05, 0) is 45.0 Å². The van der Waals surface area contributed by atoms with Crippen molar-refractivity contribution in [2.75, 3.05) is 10.6 Å². The molecule has 0 fully saturated rings. The van der Waals surface area contributed by atoms with Crippen molar-refractivity contribution in [1.82, 2.24) is 10.3 Å². The molecule has 1 heterocycles. The fraction of sp³-hybridized carbons (Fsp3) is 0.267. The molecule has 0 aliphatic rings. The minimum atomic E-state index is -0.308. The standard InChI is InChI=1S/C15H18N4O2S/c1-15(2,3)19-13(21)17-11-6-4-10(5-7-11)12(20)18-14-16-8-9-22-14/h4-9H,1-3H3,(H,16,18,20)(H2,17,19,21). The maximum atomic E-state index is 12.0. The summed E-state index contributed by atoms with van der Waals surface area (Å²) in [6.07, 6.45) is 1.63. The van der Waals surface area contributed by atoms with Crippen LogP contribution in [0.15, 0.2) is 35.8 Å². The van der Waals surface area contributed by atoms with Crippen molar-refractivity contribution < 1.29 is 9.59 Å². The van der Waals surface area contributed by atoms with Gasteiger partial charge in [0.2, 0.25) is 0 Å². The molecule has 0 aliphatic carbocycles. The van der Waals surface area contributed by atoms with Crippen LogP contribution >= 0.6 is 11.3 Å². The summed E-state index contributed by atoms with van der Waals surface area (Å²) in [5.74, 6) is -0.236. The zero-order chi connectivity index (χ0) is 16.2. The van der Waals surface area contributed by atoms with Gasteiger partial charge in [-0.2, -0.15) is 0 Å². The number of nitrogens with one attached hydrogen (secondary N) is 3. The molecular weight excluding hydrogens is 300 g/mol. The Kier molecular flexibility index (Phi) is 4.77. The molecule has 3 N–H and O–H groups in total. The number of benzene rings is 1. The van der Waals surface area contributed by atoms with E-state index in [9.17, 15) is 9.59 Å². The maximum Gasteiger partial charge on any atom is 0.319 e. The van der Waals surface area contributed by atoms with Crippen LogP contribution in [0.1, 0.15) is 31.1 Å². The predicted molar refractivity (Wildman–Crippen MR) is 88.4 cm³/mol. The summed E-state index contributed by atoms with van der Waals surface area (Å²) in [6.45, 7) is 5.70. The van der Waals surface area contributed by atoms with E-state index in [-0.39, 0.29) is 17.5 Å². The number of urea groups is 1. The fourth-order valence-electron chi connectivity index (χ4n) is 1.66. The Balaban J connectivity index is 1.95. The molecule has 0 bridgehead atoms. The first-order valence-electron chi connectivity index (χ1n) is 6.73. The van der Waals surface area contributed by atoms with Crippen molar-refractivity contribution >= 4 is 34.1 Å². The van der Waals surface area contributed by atoms with Gasteiger partial charge in [-0.3, -0.25) is 10.1 Å². The molecule has 1 aromatic carbocycles. The first-order valence-corrected chi connectivity index (χ1v) is 7.61. The third-order valence-electron chi connectivity index (χ3n) is 2.55. The van der Waals surface area contributed by atoms with E-state index in [1.54, 1.807) is 35.8 Å². The molecule has 0 spiro atoms. The summed E-state index contributed by atoms with van der Waals surface area (Å²) in [7, 11) is 0. The molecule has 0 aliphatic heterocycles. The van der Waals surface area contributed by atoms with Gasteiger partial charge in [0.15, 0.2) is 5.13 Å². The van der Waals surface area contributed by atoms with E-state index < -0.39 is 0 Å². The zero-order valence-electron chi connectivity index (χ0n) is 12.6. The van der Waals surface area contributed by atoms with E-state index in [4.69, 9.17) is 0 Å². The predicted octanol–water partition coefficient (Wildman–Crippen LogP) is 3.32. The highest BCUT2D eigenvalue weighted by Crippen LogP contribution is 2.14. The molecule has 2 rings (SSSR count). The Bertz CT molecular complexity index is 645. The summed E-state index contributed by atoms with van der Waals surface area (Å²) in [4.78, 5) is 27.7. The number of carbonyl (C=O) groups is 2. The molecule has 7 heteroatoms. The van der Waals surface area contributed by atoms with E-state index in [1.807, 2.05) is 20.8 Å². The molecule has 22 heavy (non-hydrogen) atoms. The van der Waals surface area contributed by atoms with Crippen LogP contribution in [0, 0.1) is 0 Å². The summed E-state index contributed by atoms with van der Waals surface area (Å²) in [5, 5.41) is 10.6. The van der Waals surface area contributed by atoms with Gasteiger partial charge in [0, 0.05) is 28.4 Å². The molecule has 6 nitrogen and oxygen atoms in total. The molecule has 1 aromatic heterocycles. The molecule has 0 radical (unpaired) electrons. The highest BCUT2D eigenvalue weighted by atomic mass is 32.1. The molecule has 0 saturated heterocycles. The highest BCUT2D eigenvalue weighted by Gasteiger charge is 2.14. The third-order valence-corrected chi connectivity index (χ3v) is 3.23. The van der Waals surface area contributed by atoms with Crippen molar-refractivity contribution in [3.05, 3.63) is 41.4 Å². The number of rotatable bonds is 3. The molecule has 2 aromatic rings. The van der Waals surface area contributed by atoms with Crippen LogP contribution in [0.4, 0.5) is 15.6 Å². The second-order valence-electron chi connectivity index (χ2n) is 5.70. The summed E-state index contributed by atoms with van der Waals surface area (Å²) in [6, 6.07) is 6.37. The van der Waals surface area contributed by atoms with Gasteiger partial charge in [-0.25, -0.2) is 9.78 Å². The topological polar surface area (TPSA) is 83.1 Å². The van der Waals surface area contributed by atoms with Crippen LogP contribution < -0.4 is 16.0 Å². The summed E-state index contributed by atoms with van der Waals surface area (Å²) in [5.41, 5.74) is 0.807. The highest BCUT2D eigenvalue weighted by molar-refractivity contribution is 7.13. The first kappa shape index (κ1) is 16.0. The summed E-state index contributed by atoms with van der Waals surface area (Å²) >= 11 is 1.35. The molecule has 116 valence electrons. The Labute approximate surface area is 133 Å². The van der Waals surface area contributed by atoms with E-state index in [0.29, 0.717) is 16.4 Å². The van der Waals surface area contributed by atoms with Crippen molar-refractivity contribution in [3.63, 3.8) is 0 Å². The van der Waals surface area contributed by atoms with E-state index in [1.165, 1.54) is 11.3 Å². The smallest absolute Gasteiger partial charge is 0.319 e. The fourth-order valence-corrected chi connectivity index (χ4v) is 2.19. The largest absolute Gasteiger partial charge is 0.333 e. The van der Waals surface area contributed by atoms with Crippen molar-refractivity contribution in [2.24, 2.45) is 0 Å². The van der Waals surface area contributed by atoms with Gasteiger partial charge < -0.3 is 10.6 Å². The maximum absolute atomic E-state index is 12.0. The normalized spacial score (nSPS) is 10.9. The third kappa shape index (κ3) is 4.85. The minimum Gasteiger partial charge on any atom is -0.333 e. The van der Waals surface area contributed by atoms with Gasteiger partial charge in [-0.1, -0.05) is 0 Å². The lowest BCUT2D eigenvalue weighted by Crippen LogP contribution is -2.43. The lowest BCUT2D eigenvalue weighted by atomic mass is 10.1. The average Bonchev–Trinajstić information content (AvgIpc) is 2.90. The van der Waals surface area contributed by atoms with Crippen LogP contribution in [-0.4, -0.2) is 22.5 Å². The summed E-state index contributed by atoms with van der Waals surface area (Å²) < 4.78 is 0. The zero-order valence-corrected chi connectivity index (χ0v) is 13.5. The molecule has 0 unspecified atom stereocenters. The molecule has 3 amide bonds. The van der Waals surface area contributed by atoms with Gasteiger partial charge in [0.05, 0.1) is 0 Å². The van der Waals surface area contributed by atoms with Gasteiger partial charge >= 0.3 is 6.03 Å². The molecule has 0 saturated carbocycles. The second kappa shape index (κ2) is 6.57. The number of anilines is 2. The van der Waals surface area contributed by atoms with Gasteiger partial charge in [0.25, 0.3) is 5.91 Å². The van der Waals surface area contributed by atoms with E-state index in [2.05, 4.69) is 20.9 Å². The van der Waals surface area contributed by atoms with Crippen molar-refractivity contribution in [3.8, 4) is 0 Å². The number of hydrogen-bond donors (Lipinski definition) is 3. The van der Waals surface area contributed by atoms with E-state index in [0.717, 1.165) is 0 Å². The van der Waals surface area contributed by atoms with Gasteiger partial charge in [-0.15, -0.1) is 11.3 Å². The van der Waals surface area contributed by atoms with Crippen molar-refractivity contribution in [2.45, 2.75) is 26.3 Å². The Hall–Kier alpha value is -2.41. The number of carbonyl (C=O) groups excluding carboxylic acids is 2. The average molecular weight is 318 g/mol. The van der Waals surface area contributed by atoms with Crippen LogP contribution in [-0.2, 0) is 0 Å². The number of nitrogens with zero attached hydrogens (tertiary/aromatic N) is 1. The second-order valence-corrected chi connectivity index (χ2v) is 6.59. The molecular formula is C15H18N4O2S. The number of thiazole rings is 1. The monoisotopic (exact) mass is 318 g/mol. The quantitative estimate of drug-likeness (QED) is 0.812. The Morgan fingerprint density at radius 3 is 2.32 bits per heavy atom. The minimum absolute atomic E-state index is 0.236. The van der Waals surface area contributed by atoms with Crippen LogP contribution in [0.5, 0.6) is 0 Å². The number of amides is 3. The first-order chi connectivity index (χ1) is 10.3. The van der Waals surface area contributed by atoms with E-state index >= 15 is 0 Å². The number of hydrogen-bond acceptors (Lipinski definition) is 4. The molecule has 0 atom stereocenters. The Morgan fingerprint density at radius 2 is 1.77 bits per heavy atom. The Morgan fingerprint density at radius 1 is 1.09 bits per heavy atom. The van der Waals surface area contributed by atoms with Crippen LogP contribution in [0.2, 0.25) is 0 Å². The van der Waals surface area contributed by atoms with Gasteiger partial charge in [0.1, 0.15) is 0 Å². The van der Waals surface area contributed by atoms with Crippen molar-refractivity contribution in [1.29, 1.82) is 0 Å². The van der Waals surface area contributed by atoms with Crippen LogP contribution in [0.25, 0.3) is 0 Å².